The molecule has 15 heavy (non-hydrogen) atoms. The van der Waals surface area contributed by atoms with Gasteiger partial charge >= 0.3 is 0 Å². The second-order valence-corrected chi connectivity index (χ2v) is 3.97. The van der Waals surface area contributed by atoms with Crippen LogP contribution in [0.4, 0.5) is 0 Å². The molecule has 2 aromatic heterocycles. The highest BCUT2D eigenvalue weighted by molar-refractivity contribution is 9.10. The SMILES string of the molecule is Brc1ncc(-c2ccc3nc[nH]c3c2)[nH]1. The van der Waals surface area contributed by atoms with E-state index in [1.165, 1.54) is 0 Å². The molecule has 0 aliphatic carbocycles. The van der Waals surface area contributed by atoms with E-state index in [1.807, 2.05) is 18.2 Å². The van der Waals surface area contributed by atoms with Crippen LogP contribution in [0.1, 0.15) is 0 Å². The number of hydrogen-bond acceptors (Lipinski definition) is 2. The number of aromatic nitrogens is 4. The first-order valence-electron chi connectivity index (χ1n) is 4.47. The molecule has 0 bridgehead atoms. The summed E-state index contributed by atoms with van der Waals surface area (Å²) in [5.41, 5.74) is 4.07. The number of H-pyrrole nitrogens is 2. The summed E-state index contributed by atoms with van der Waals surface area (Å²) >= 11 is 3.28. The molecule has 0 aliphatic heterocycles. The molecular formula is C10H7BrN4. The number of nitrogens with zero attached hydrogens (tertiary/aromatic N) is 2. The summed E-state index contributed by atoms with van der Waals surface area (Å²) in [7, 11) is 0. The van der Waals surface area contributed by atoms with Gasteiger partial charge in [0.25, 0.3) is 0 Å². The minimum absolute atomic E-state index is 0.738. The molecule has 1 aromatic carbocycles. The van der Waals surface area contributed by atoms with Crippen LogP contribution in [0.3, 0.4) is 0 Å². The minimum Gasteiger partial charge on any atom is -0.345 e. The number of hydrogen-bond donors (Lipinski definition) is 2. The molecule has 3 aromatic rings. The van der Waals surface area contributed by atoms with Gasteiger partial charge in [0.15, 0.2) is 4.73 Å². The number of benzene rings is 1. The van der Waals surface area contributed by atoms with Crippen LogP contribution in [-0.4, -0.2) is 19.9 Å². The van der Waals surface area contributed by atoms with Crippen LogP contribution in [0.15, 0.2) is 35.5 Å². The molecule has 3 rings (SSSR count). The van der Waals surface area contributed by atoms with E-state index in [4.69, 9.17) is 0 Å². The smallest absolute Gasteiger partial charge is 0.174 e. The van der Waals surface area contributed by atoms with Crippen molar-refractivity contribution in [2.45, 2.75) is 0 Å². The highest BCUT2D eigenvalue weighted by atomic mass is 79.9. The number of halogens is 1. The molecule has 0 spiro atoms. The Morgan fingerprint density at radius 1 is 1.20 bits per heavy atom. The summed E-state index contributed by atoms with van der Waals surface area (Å²) in [5, 5.41) is 0. The molecule has 2 heterocycles. The zero-order valence-corrected chi connectivity index (χ0v) is 9.25. The molecular weight excluding hydrogens is 256 g/mol. The molecule has 0 saturated heterocycles. The van der Waals surface area contributed by atoms with E-state index in [0.29, 0.717) is 0 Å². The molecule has 0 fully saturated rings. The van der Waals surface area contributed by atoms with Crippen LogP contribution < -0.4 is 0 Å². The molecule has 0 radical (unpaired) electrons. The van der Waals surface area contributed by atoms with Crippen LogP contribution in [0, 0.1) is 0 Å². The van der Waals surface area contributed by atoms with Crippen LogP contribution in [0.5, 0.6) is 0 Å². The summed E-state index contributed by atoms with van der Waals surface area (Å²) in [4.78, 5) is 14.5. The summed E-state index contributed by atoms with van der Waals surface area (Å²) < 4.78 is 0.738. The van der Waals surface area contributed by atoms with Crippen molar-refractivity contribution in [1.82, 2.24) is 19.9 Å². The van der Waals surface area contributed by atoms with Crippen molar-refractivity contribution in [3.05, 3.63) is 35.5 Å². The van der Waals surface area contributed by atoms with E-state index in [1.54, 1.807) is 12.5 Å². The number of aromatic amines is 2. The Bertz CT molecular complexity index is 610. The minimum atomic E-state index is 0.738. The Balaban J connectivity index is 2.18. The van der Waals surface area contributed by atoms with Gasteiger partial charge in [-0.1, -0.05) is 6.07 Å². The second kappa shape index (κ2) is 3.20. The normalized spacial score (nSPS) is 11.0. The second-order valence-electron chi connectivity index (χ2n) is 3.22. The van der Waals surface area contributed by atoms with Crippen LogP contribution in [0.2, 0.25) is 0 Å². The van der Waals surface area contributed by atoms with E-state index in [0.717, 1.165) is 27.0 Å². The summed E-state index contributed by atoms with van der Waals surface area (Å²) in [6.45, 7) is 0. The van der Waals surface area contributed by atoms with Gasteiger partial charge in [0.2, 0.25) is 0 Å². The van der Waals surface area contributed by atoms with Gasteiger partial charge in [0.1, 0.15) is 0 Å². The van der Waals surface area contributed by atoms with Gasteiger partial charge in [-0.2, -0.15) is 0 Å². The number of rotatable bonds is 1. The lowest BCUT2D eigenvalue weighted by molar-refractivity contribution is 1.24. The molecule has 2 N–H and O–H groups in total. The van der Waals surface area contributed by atoms with Crippen molar-refractivity contribution in [3.8, 4) is 11.3 Å². The first-order chi connectivity index (χ1) is 7.33. The number of imidazole rings is 2. The molecule has 0 aliphatic rings. The zero-order valence-electron chi connectivity index (χ0n) is 7.66. The topological polar surface area (TPSA) is 57.4 Å². The lowest BCUT2D eigenvalue weighted by atomic mass is 10.1. The number of fused-ring (bicyclic) bond motifs is 1. The van der Waals surface area contributed by atoms with Crippen LogP contribution in [-0.2, 0) is 0 Å². The van der Waals surface area contributed by atoms with Gasteiger partial charge in [-0.15, -0.1) is 0 Å². The molecule has 74 valence electrons. The van der Waals surface area contributed by atoms with Crippen LogP contribution >= 0.6 is 15.9 Å². The van der Waals surface area contributed by atoms with Crippen LogP contribution in [0.25, 0.3) is 22.3 Å². The van der Waals surface area contributed by atoms with Crippen molar-refractivity contribution < 1.29 is 0 Å². The van der Waals surface area contributed by atoms with E-state index in [9.17, 15) is 0 Å². The maximum atomic E-state index is 4.17. The Kier molecular flexibility index (Phi) is 1.85. The van der Waals surface area contributed by atoms with Crippen molar-refractivity contribution in [3.63, 3.8) is 0 Å². The summed E-state index contributed by atoms with van der Waals surface area (Å²) in [5.74, 6) is 0. The van der Waals surface area contributed by atoms with Gasteiger partial charge in [0, 0.05) is 5.56 Å². The van der Waals surface area contributed by atoms with E-state index in [2.05, 4.69) is 35.9 Å². The number of nitrogens with one attached hydrogen (secondary N) is 2. The highest BCUT2D eigenvalue weighted by Crippen LogP contribution is 2.22. The molecule has 4 nitrogen and oxygen atoms in total. The third kappa shape index (κ3) is 1.45. The lowest BCUT2D eigenvalue weighted by Gasteiger charge is -1.96. The fourth-order valence-corrected chi connectivity index (χ4v) is 1.86. The zero-order chi connectivity index (χ0) is 10.3. The van der Waals surface area contributed by atoms with Gasteiger partial charge in [0.05, 0.1) is 29.3 Å². The molecule has 0 saturated carbocycles. The fourth-order valence-electron chi connectivity index (χ4n) is 1.55. The lowest BCUT2D eigenvalue weighted by Crippen LogP contribution is -1.77. The third-order valence-electron chi connectivity index (χ3n) is 2.28. The highest BCUT2D eigenvalue weighted by Gasteiger charge is 2.03. The quantitative estimate of drug-likeness (QED) is 0.709. The third-order valence-corrected chi connectivity index (χ3v) is 2.68. The van der Waals surface area contributed by atoms with Gasteiger partial charge in [-0.25, -0.2) is 9.97 Å². The maximum Gasteiger partial charge on any atom is 0.174 e. The van der Waals surface area contributed by atoms with E-state index < -0.39 is 0 Å². The Morgan fingerprint density at radius 2 is 2.13 bits per heavy atom. The summed E-state index contributed by atoms with van der Waals surface area (Å²) in [6, 6.07) is 6.04. The first kappa shape index (κ1) is 8.67. The Labute approximate surface area is 93.9 Å². The molecule has 0 unspecified atom stereocenters. The predicted octanol–water partition coefficient (Wildman–Crippen LogP) is 2.72. The van der Waals surface area contributed by atoms with Crippen molar-refractivity contribution in [2.24, 2.45) is 0 Å². The van der Waals surface area contributed by atoms with Gasteiger partial charge in [-0.3, -0.25) is 0 Å². The monoisotopic (exact) mass is 262 g/mol. The summed E-state index contributed by atoms with van der Waals surface area (Å²) in [6.07, 6.45) is 3.49. The van der Waals surface area contributed by atoms with Gasteiger partial charge < -0.3 is 9.97 Å². The first-order valence-corrected chi connectivity index (χ1v) is 5.26. The van der Waals surface area contributed by atoms with E-state index >= 15 is 0 Å². The maximum absolute atomic E-state index is 4.17. The van der Waals surface area contributed by atoms with Crippen molar-refractivity contribution in [2.75, 3.05) is 0 Å². The van der Waals surface area contributed by atoms with Crippen molar-refractivity contribution in [1.29, 1.82) is 0 Å². The predicted molar refractivity (Wildman–Crippen MR) is 61.4 cm³/mol. The van der Waals surface area contributed by atoms with Gasteiger partial charge in [-0.05, 0) is 28.1 Å². The molecule has 5 heteroatoms. The standard InChI is InChI=1S/C10H7BrN4/c11-10-12-4-9(15-10)6-1-2-7-8(3-6)14-5-13-7/h1-5H,(H,12,15)(H,13,14). The average molecular weight is 263 g/mol. The van der Waals surface area contributed by atoms with E-state index in [-0.39, 0.29) is 0 Å². The molecule has 0 atom stereocenters. The average Bonchev–Trinajstić information content (AvgIpc) is 2.84. The molecule has 0 amide bonds. The fraction of sp³-hybridized carbons (Fsp3) is 0. The van der Waals surface area contributed by atoms with Crippen molar-refractivity contribution >= 4 is 27.0 Å². The Morgan fingerprint density at radius 3 is 2.93 bits per heavy atom. The largest absolute Gasteiger partial charge is 0.345 e. The Hall–Kier alpha value is -1.62.